The summed E-state index contributed by atoms with van der Waals surface area (Å²) in [4.78, 5) is 21.9. The first kappa shape index (κ1) is 17.4. The molecule has 0 saturated heterocycles. The predicted octanol–water partition coefficient (Wildman–Crippen LogP) is 3.56. The summed E-state index contributed by atoms with van der Waals surface area (Å²) in [5, 5.41) is 0. The third-order valence-electron chi connectivity index (χ3n) is 3.02. The molecule has 0 heterocycles. The Morgan fingerprint density at radius 2 is 1.32 bits per heavy atom. The van der Waals surface area contributed by atoms with Gasteiger partial charge in [-0.3, -0.25) is 0 Å². The molecule has 0 unspecified atom stereocenters. The molecule has 0 aromatic heterocycles. The lowest BCUT2D eigenvalue weighted by Crippen LogP contribution is -2.02. The summed E-state index contributed by atoms with van der Waals surface area (Å²) in [6.45, 7) is 3.85. The van der Waals surface area contributed by atoms with Crippen molar-refractivity contribution in [1.82, 2.24) is 0 Å². The Morgan fingerprint density at radius 1 is 0.773 bits per heavy atom. The van der Waals surface area contributed by atoms with E-state index in [1.807, 2.05) is 44.2 Å². The fourth-order valence-electron chi connectivity index (χ4n) is 1.72. The van der Waals surface area contributed by atoms with Gasteiger partial charge in [0.1, 0.15) is 0 Å². The maximum absolute atomic E-state index is 11.0. The van der Waals surface area contributed by atoms with Crippen LogP contribution < -0.4 is 0 Å². The largest absolute Gasteiger partial charge is 0.465 e. The first-order valence-corrected chi connectivity index (χ1v) is 6.78. The molecule has 0 amide bonds. The number of aryl methyl sites for hydroxylation is 2. The molecular weight excluding hydrogens is 280 g/mol. The number of esters is 2. The monoisotopic (exact) mass is 300 g/mol. The minimum Gasteiger partial charge on any atom is -0.465 e. The number of rotatable bonds is 2. The molecule has 0 aliphatic rings. The van der Waals surface area contributed by atoms with E-state index in [1.54, 1.807) is 18.2 Å². The molecule has 0 aliphatic heterocycles. The Labute approximate surface area is 130 Å². The number of benzene rings is 2. The zero-order valence-electron chi connectivity index (χ0n) is 13.3. The van der Waals surface area contributed by atoms with Crippen LogP contribution in [0.1, 0.15) is 31.8 Å². The summed E-state index contributed by atoms with van der Waals surface area (Å²) in [6.07, 6.45) is 0. The zero-order chi connectivity index (χ0) is 16.5. The Balaban J connectivity index is 0.000000220. The fraction of sp³-hybridized carbons (Fsp3) is 0.222. The molecule has 0 saturated carbocycles. The fourth-order valence-corrected chi connectivity index (χ4v) is 1.72. The van der Waals surface area contributed by atoms with Crippen molar-refractivity contribution in [1.29, 1.82) is 0 Å². The van der Waals surface area contributed by atoms with Gasteiger partial charge >= 0.3 is 11.9 Å². The summed E-state index contributed by atoms with van der Waals surface area (Å²) in [5.74, 6) is -0.562. The second-order valence-corrected chi connectivity index (χ2v) is 4.66. The van der Waals surface area contributed by atoms with Gasteiger partial charge in [0.2, 0.25) is 0 Å². The van der Waals surface area contributed by atoms with Crippen LogP contribution in [0.15, 0.2) is 48.5 Å². The molecule has 4 heteroatoms. The van der Waals surface area contributed by atoms with E-state index < -0.39 is 0 Å². The van der Waals surface area contributed by atoms with E-state index in [0.29, 0.717) is 11.1 Å². The molecule has 0 atom stereocenters. The average molecular weight is 300 g/mol. The highest BCUT2D eigenvalue weighted by Gasteiger charge is 2.06. The molecule has 0 radical (unpaired) electrons. The van der Waals surface area contributed by atoms with Crippen LogP contribution >= 0.6 is 0 Å². The maximum Gasteiger partial charge on any atom is 0.338 e. The van der Waals surface area contributed by atoms with Crippen LogP contribution in [0.25, 0.3) is 0 Å². The molecule has 2 aromatic rings. The van der Waals surface area contributed by atoms with Crippen molar-refractivity contribution in [2.24, 2.45) is 0 Å². The van der Waals surface area contributed by atoms with E-state index in [-0.39, 0.29) is 11.9 Å². The number of methoxy groups -OCH3 is 2. The smallest absolute Gasteiger partial charge is 0.338 e. The summed E-state index contributed by atoms with van der Waals surface area (Å²) in [7, 11) is 2.76. The van der Waals surface area contributed by atoms with Crippen LogP contribution in [0, 0.1) is 13.8 Å². The number of carbonyl (C=O) groups is 2. The minimum absolute atomic E-state index is 0.275. The molecule has 2 rings (SSSR count). The molecular formula is C18H20O4. The molecule has 116 valence electrons. The van der Waals surface area contributed by atoms with E-state index in [4.69, 9.17) is 0 Å². The molecule has 4 nitrogen and oxygen atoms in total. The van der Waals surface area contributed by atoms with Gasteiger partial charge in [0, 0.05) is 0 Å². The lowest BCUT2D eigenvalue weighted by atomic mass is 10.1. The van der Waals surface area contributed by atoms with E-state index in [9.17, 15) is 9.59 Å². The van der Waals surface area contributed by atoms with E-state index >= 15 is 0 Å². The Morgan fingerprint density at radius 3 is 1.82 bits per heavy atom. The van der Waals surface area contributed by atoms with Gasteiger partial charge in [-0.15, -0.1) is 0 Å². The van der Waals surface area contributed by atoms with Crippen molar-refractivity contribution in [2.45, 2.75) is 13.8 Å². The lowest BCUT2D eigenvalue weighted by Gasteiger charge is -2.00. The van der Waals surface area contributed by atoms with Crippen LogP contribution in [-0.2, 0) is 9.47 Å². The molecule has 2 aromatic carbocycles. The quantitative estimate of drug-likeness (QED) is 0.796. The first-order valence-electron chi connectivity index (χ1n) is 6.78. The SMILES string of the molecule is COC(=O)c1ccc(C)cc1.COC(=O)c1ccccc1C. The topological polar surface area (TPSA) is 52.6 Å². The van der Waals surface area contributed by atoms with Gasteiger partial charge in [0.15, 0.2) is 0 Å². The van der Waals surface area contributed by atoms with Gasteiger partial charge in [0.05, 0.1) is 25.3 Å². The van der Waals surface area contributed by atoms with Gasteiger partial charge in [-0.2, -0.15) is 0 Å². The summed E-state index contributed by atoms with van der Waals surface area (Å²) in [5.41, 5.74) is 3.31. The van der Waals surface area contributed by atoms with Gasteiger partial charge in [-0.05, 0) is 37.6 Å². The summed E-state index contributed by atoms with van der Waals surface area (Å²) < 4.78 is 9.12. The average Bonchev–Trinajstić information content (AvgIpc) is 2.55. The van der Waals surface area contributed by atoms with Crippen LogP contribution in [0.3, 0.4) is 0 Å². The third kappa shape index (κ3) is 5.05. The van der Waals surface area contributed by atoms with Gasteiger partial charge < -0.3 is 9.47 Å². The Bertz CT molecular complexity index is 630. The molecule has 0 bridgehead atoms. The summed E-state index contributed by atoms with van der Waals surface area (Å²) in [6, 6.07) is 14.6. The van der Waals surface area contributed by atoms with E-state index in [1.165, 1.54) is 14.2 Å². The molecule has 0 spiro atoms. The van der Waals surface area contributed by atoms with Gasteiger partial charge in [-0.25, -0.2) is 9.59 Å². The van der Waals surface area contributed by atoms with Gasteiger partial charge in [0.25, 0.3) is 0 Å². The highest BCUT2D eigenvalue weighted by Crippen LogP contribution is 2.07. The highest BCUT2D eigenvalue weighted by molar-refractivity contribution is 5.90. The van der Waals surface area contributed by atoms with Crippen LogP contribution in [0.5, 0.6) is 0 Å². The number of hydrogen-bond acceptors (Lipinski definition) is 4. The van der Waals surface area contributed by atoms with Crippen molar-refractivity contribution >= 4 is 11.9 Å². The van der Waals surface area contributed by atoms with Crippen LogP contribution in [0.4, 0.5) is 0 Å². The maximum atomic E-state index is 11.0. The third-order valence-corrected chi connectivity index (χ3v) is 3.02. The number of ether oxygens (including phenoxy) is 2. The second-order valence-electron chi connectivity index (χ2n) is 4.66. The normalized spacial score (nSPS) is 9.27. The molecule has 0 N–H and O–H groups in total. The minimum atomic E-state index is -0.287. The first-order chi connectivity index (χ1) is 10.5. The van der Waals surface area contributed by atoms with E-state index in [0.717, 1.165) is 11.1 Å². The van der Waals surface area contributed by atoms with Crippen LogP contribution in [0.2, 0.25) is 0 Å². The zero-order valence-corrected chi connectivity index (χ0v) is 13.3. The predicted molar refractivity (Wildman–Crippen MR) is 85.0 cm³/mol. The lowest BCUT2D eigenvalue weighted by molar-refractivity contribution is 0.0591. The van der Waals surface area contributed by atoms with Crippen molar-refractivity contribution in [3.63, 3.8) is 0 Å². The second kappa shape index (κ2) is 8.62. The van der Waals surface area contributed by atoms with Crippen molar-refractivity contribution in [3.05, 3.63) is 70.8 Å². The van der Waals surface area contributed by atoms with Crippen molar-refractivity contribution in [2.75, 3.05) is 14.2 Å². The number of hydrogen-bond donors (Lipinski definition) is 0. The Kier molecular flexibility index (Phi) is 6.83. The van der Waals surface area contributed by atoms with Crippen LogP contribution in [-0.4, -0.2) is 26.2 Å². The standard InChI is InChI=1S/2C9H10O2/c1-7-3-5-8(6-4-7)9(10)11-2;1-7-5-3-4-6-8(7)9(10)11-2/h2*3-6H,1-2H3. The molecule has 0 aliphatic carbocycles. The summed E-state index contributed by atoms with van der Waals surface area (Å²) >= 11 is 0. The van der Waals surface area contributed by atoms with Gasteiger partial charge in [-0.1, -0.05) is 35.9 Å². The van der Waals surface area contributed by atoms with E-state index in [2.05, 4.69) is 9.47 Å². The molecule has 0 fully saturated rings. The van der Waals surface area contributed by atoms with Crippen molar-refractivity contribution in [3.8, 4) is 0 Å². The van der Waals surface area contributed by atoms with Crippen molar-refractivity contribution < 1.29 is 19.1 Å². The Hall–Kier alpha value is -2.62. The highest BCUT2D eigenvalue weighted by atomic mass is 16.5. The number of carbonyl (C=O) groups excluding carboxylic acids is 2. The molecule has 22 heavy (non-hydrogen) atoms.